The molecule has 1 aliphatic rings. The van der Waals surface area contributed by atoms with Gasteiger partial charge in [-0.1, -0.05) is 0 Å². The number of piperidine rings is 1. The van der Waals surface area contributed by atoms with Crippen molar-refractivity contribution in [2.45, 2.75) is 38.6 Å². The molecule has 1 atom stereocenters. The molecule has 1 aliphatic heterocycles. The van der Waals surface area contributed by atoms with Crippen molar-refractivity contribution in [3.63, 3.8) is 0 Å². The molecule has 1 heterocycles. The Morgan fingerprint density at radius 3 is 2.85 bits per heavy atom. The Kier molecular flexibility index (Phi) is 6.43. The molecule has 2 N–H and O–H groups in total. The predicted molar refractivity (Wildman–Crippen MR) is 80.7 cm³/mol. The lowest BCUT2D eigenvalue weighted by atomic mass is 9.98. The summed E-state index contributed by atoms with van der Waals surface area (Å²) in [5.41, 5.74) is 6.70. The summed E-state index contributed by atoms with van der Waals surface area (Å²) >= 11 is 0. The number of benzene rings is 1. The highest BCUT2D eigenvalue weighted by Crippen LogP contribution is 2.22. The third-order valence-electron chi connectivity index (χ3n) is 3.79. The molecule has 1 aromatic rings. The summed E-state index contributed by atoms with van der Waals surface area (Å²) in [7, 11) is 0. The van der Waals surface area contributed by atoms with Crippen LogP contribution in [0, 0.1) is 12.7 Å². The van der Waals surface area contributed by atoms with E-state index < -0.39 is 0 Å². The number of carbonyl (C=O) groups is 1. The van der Waals surface area contributed by atoms with E-state index in [-0.39, 0.29) is 30.2 Å². The van der Waals surface area contributed by atoms with Crippen molar-refractivity contribution < 1.29 is 9.18 Å². The van der Waals surface area contributed by atoms with Crippen molar-refractivity contribution in [3.05, 3.63) is 35.1 Å². The van der Waals surface area contributed by atoms with Gasteiger partial charge in [-0.3, -0.25) is 4.79 Å². The number of aryl methyl sites for hydroxylation is 1. The molecule has 112 valence electrons. The number of carbonyl (C=O) groups excluding carboxylic acids is 1. The number of nitrogens with two attached hydrogens (primary N) is 1. The van der Waals surface area contributed by atoms with Gasteiger partial charge in [0, 0.05) is 18.2 Å². The molecule has 5 heteroatoms. The Balaban J connectivity index is 0.00000200. The van der Waals surface area contributed by atoms with Gasteiger partial charge in [0.05, 0.1) is 0 Å². The van der Waals surface area contributed by atoms with E-state index in [1.54, 1.807) is 19.1 Å². The van der Waals surface area contributed by atoms with Crippen molar-refractivity contribution in [1.29, 1.82) is 0 Å². The molecule has 0 saturated carbocycles. The minimum atomic E-state index is -0.270. The van der Waals surface area contributed by atoms with E-state index in [0.717, 1.165) is 32.2 Å². The molecule has 20 heavy (non-hydrogen) atoms. The van der Waals surface area contributed by atoms with Gasteiger partial charge >= 0.3 is 0 Å². The summed E-state index contributed by atoms with van der Waals surface area (Å²) in [5.74, 6) is -0.269. The molecule has 0 bridgehead atoms. The van der Waals surface area contributed by atoms with Crippen LogP contribution in [-0.4, -0.2) is 29.9 Å². The molecule has 0 radical (unpaired) electrons. The van der Waals surface area contributed by atoms with E-state index in [4.69, 9.17) is 5.73 Å². The smallest absolute Gasteiger partial charge is 0.254 e. The first-order valence-electron chi connectivity index (χ1n) is 6.90. The van der Waals surface area contributed by atoms with Gasteiger partial charge in [-0.05, 0) is 62.9 Å². The summed E-state index contributed by atoms with van der Waals surface area (Å²) in [6.07, 6.45) is 4.04. The van der Waals surface area contributed by atoms with Crippen LogP contribution >= 0.6 is 12.4 Å². The van der Waals surface area contributed by atoms with Gasteiger partial charge in [0.15, 0.2) is 0 Å². The van der Waals surface area contributed by atoms with Gasteiger partial charge in [0.2, 0.25) is 0 Å². The first-order valence-corrected chi connectivity index (χ1v) is 6.90. The minimum absolute atomic E-state index is 0. The molecular formula is C15H22ClFN2O. The summed E-state index contributed by atoms with van der Waals surface area (Å²) in [6.45, 7) is 3.05. The average molecular weight is 301 g/mol. The molecule has 0 aromatic heterocycles. The van der Waals surface area contributed by atoms with Gasteiger partial charge in [-0.15, -0.1) is 12.4 Å². The summed E-state index contributed by atoms with van der Waals surface area (Å²) in [6, 6.07) is 4.80. The lowest BCUT2D eigenvalue weighted by molar-refractivity contribution is 0.0605. The maximum Gasteiger partial charge on any atom is 0.254 e. The lowest BCUT2D eigenvalue weighted by Crippen LogP contribution is -2.44. The van der Waals surface area contributed by atoms with E-state index in [1.807, 2.05) is 4.90 Å². The van der Waals surface area contributed by atoms with Crippen LogP contribution < -0.4 is 5.73 Å². The zero-order valence-corrected chi connectivity index (χ0v) is 12.6. The standard InChI is InChI=1S/C15H21FN2O.ClH/c1-11-10-12(5-6-14(11)16)15(19)18-9-3-2-4-13(18)7-8-17;/h5-6,10,13H,2-4,7-9,17H2,1H3;1H. The minimum Gasteiger partial charge on any atom is -0.336 e. The maximum absolute atomic E-state index is 13.3. The summed E-state index contributed by atoms with van der Waals surface area (Å²) in [5, 5.41) is 0. The predicted octanol–water partition coefficient (Wildman–Crippen LogP) is 2.90. The highest BCUT2D eigenvalue weighted by atomic mass is 35.5. The summed E-state index contributed by atoms with van der Waals surface area (Å²) < 4.78 is 13.3. The second kappa shape index (κ2) is 7.60. The fraction of sp³-hybridized carbons (Fsp3) is 0.533. The molecule has 2 rings (SSSR count). The van der Waals surface area contributed by atoms with Gasteiger partial charge in [0.25, 0.3) is 5.91 Å². The van der Waals surface area contributed by atoms with Crippen LogP contribution in [0.15, 0.2) is 18.2 Å². The number of rotatable bonds is 3. The highest BCUT2D eigenvalue weighted by Gasteiger charge is 2.26. The van der Waals surface area contributed by atoms with Crippen LogP contribution in [0.1, 0.15) is 41.6 Å². The Labute approximate surface area is 125 Å². The number of amides is 1. The molecule has 1 saturated heterocycles. The SMILES string of the molecule is Cc1cc(C(=O)N2CCCCC2CCN)ccc1F.Cl. The Hall–Kier alpha value is -1.13. The first-order chi connectivity index (χ1) is 9.13. The van der Waals surface area contributed by atoms with Gasteiger partial charge in [-0.2, -0.15) is 0 Å². The number of halogens is 2. The Morgan fingerprint density at radius 2 is 2.20 bits per heavy atom. The van der Waals surface area contributed by atoms with Crippen molar-refractivity contribution in [2.75, 3.05) is 13.1 Å². The summed E-state index contributed by atoms with van der Waals surface area (Å²) in [4.78, 5) is 14.4. The lowest BCUT2D eigenvalue weighted by Gasteiger charge is -2.35. The first kappa shape index (κ1) is 16.9. The van der Waals surface area contributed by atoms with Crippen LogP contribution in [-0.2, 0) is 0 Å². The average Bonchev–Trinajstić information content (AvgIpc) is 2.42. The van der Waals surface area contributed by atoms with Crippen LogP contribution in [0.4, 0.5) is 4.39 Å². The second-order valence-electron chi connectivity index (χ2n) is 5.19. The van der Waals surface area contributed by atoms with E-state index in [2.05, 4.69) is 0 Å². The number of hydrogen-bond acceptors (Lipinski definition) is 2. The van der Waals surface area contributed by atoms with Crippen molar-refractivity contribution in [2.24, 2.45) is 5.73 Å². The molecule has 1 amide bonds. The maximum atomic E-state index is 13.3. The zero-order chi connectivity index (χ0) is 13.8. The molecule has 0 aliphatic carbocycles. The quantitative estimate of drug-likeness (QED) is 0.933. The number of likely N-dealkylation sites (tertiary alicyclic amines) is 1. The number of nitrogens with zero attached hydrogens (tertiary/aromatic N) is 1. The number of hydrogen-bond donors (Lipinski definition) is 1. The van der Waals surface area contributed by atoms with Crippen LogP contribution in [0.5, 0.6) is 0 Å². The van der Waals surface area contributed by atoms with E-state index in [9.17, 15) is 9.18 Å². The molecule has 3 nitrogen and oxygen atoms in total. The van der Waals surface area contributed by atoms with Gasteiger partial charge < -0.3 is 10.6 Å². The third-order valence-corrected chi connectivity index (χ3v) is 3.79. The van der Waals surface area contributed by atoms with Crippen molar-refractivity contribution in [1.82, 2.24) is 4.90 Å². The normalized spacial score (nSPS) is 18.6. The zero-order valence-electron chi connectivity index (χ0n) is 11.8. The van der Waals surface area contributed by atoms with Crippen LogP contribution in [0.3, 0.4) is 0 Å². The fourth-order valence-electron chi connectivity index (χ4n) is 2.70. The van der Waals surface area contributed by atoms with Gasteiger partial charge in [-0.25, -0.2) is 4.39 Å². The van der Waals surface area contributed by atoms with Crippen molar-refractivity contribution in [3.8, 4) is 0 Å². The van der Waals surface area contributed by atoms with Crippen molar-refractivity contribution >= 4 is 18.3 Å². The molecule has 0 spiro atoms. The largest absolute Gasteiger partial charge is 0.336 e. The monoisotopic (exact) mass is 300 g/mol. The third kappa shape index (κ3) is 3.70. The second-order valence-corrected chi connectivity index (χ2v) is 5.19. The van der Waals surface area contributed by atoms with E-state index in [1.165, 1.54) is 6.07 Å². The topological polar surface area (TPSA) is 46.3 Å². The molecule has 1 aromatic carbocycles. The molecular weight excluding hydrogens is 279 g/mol. The molecule has 1 unspecified atom stereocenters. The van der Waals surface area contributed by atoms with Crippen LogP contribution in [0.25, 0.3) is 0 Å². The fourth-order valence-corrected chi connectivity index (χ4v) is 2.70. The van der Waals surface area contributed by atoms with E-state index >= 15 is 0 Å². The highest BCUT2D eigenvalue weighted by molar-refractivity contribution is 5.94. The van der Waals surface area contributed by atoms with Gasteiger partial charge in [0.1, 0.15) is 5.82 Å². The Bertz CT molecular complexity index is 465. The Morgan fingerprint density at radius 1 is 1.45 bits per heavy atom. The molecule has 1 fully saturated rings. The van der Waals surface area contributed by atoms with Crippen LogP contribution in [0.2, 0.25) is 0 Å². The van der Waals surface area contributed by atoms with E-state index in [0.29, 0.717) is 17.7 Å².